The SMILES string of the molecule is N#Cc1cc(C(F)(F)F)ccc1N1CCC[C@H](CC(N)=O)C1. The van der Waals surface area contributed by atoms with Gasteiger partial charge in [0.05, 0.1) is 16.8 Å². The van der Waals surface area contributed by atoms with Gasteiger partial charge in [0.1, 0.15) is 6.07 Å². The molecule has 0 spiro atoms. The van der Waals surface area contributed by atoms with Gasteiger partial charge in [-0.15, -0.1) is 0 Å². The normalized spacial score (nSPS) is 18.8. The molecular formula is C15H16F3N3O. The molecule has 2 N–H and O–H groups in total. The molecule has 1 aliphatic rings. The summed E-state index contributed by atoms with van der Waals surface area (Å²) in [7, 11) is 0. The van der Waals surface area contributed by atoms with Gasteiger partial charge in [-0.3, -0.25) is 4.79 Å². The fourth-order valence-corrected chi connectivity index (χ4v) is 2.81. The largest absolute Gasteiger partial charge is 0.416 e. The standard InChI is InChI=1S/C15H16F3N3O/c16-15(17,18)12-3-4-13(11(7-12)8-19)21-5-1-2-10(9-21)6-14(20)22/h3-4,7,10H,1-2,5-6,9H2,(H2,20,22)/t10-/m1/s1. The Morgan fingerprint density at radius 2 is 2.18 bits per heavy atom. The predicted molar refractivity (Wildman–Crippen MR) is 74.9 cm³/mol. The van der Waals surface area contributed by atoms with E-state index >= 15 is 0 Å². The van der Waals surface area contributed by atoms with Crippen LogP contribution in [0.4, 0.5) is 18.9 Å². The summed E-state index contributed by atoms with van der Waals surface area (Å²) < 4.78 is 38.1. The van der Waals surface area contributed by atoms with Gasteiger partial charge in [0, 0.05) is 19.5 Å². The third-order valence-corrected chi connectivity index (χ3v) is 3.79. The zero-order chi connectivity index (χ0) is 16.3. The summed E-state index contributed by atoms with van der Waals surface area (Å²) in [5.41, 5.74) is 4.83. The van der Waals surface area contributed by atoms with Crippen molar-refractivity contribution < 1.29 is 18.0 Å². The third-order valence-electron chi connectivity index (χ3n) is 3.79. The first-order valence-corrected chi connectivity index (χ1v) is 6.96. The van der Waals surface area contributed by atoms with Crippen LogP contribution in [0.25, 0.3) is 0 Å². The molecule has 1 aliphatic heterocycles. The van der Waals surface area contributed by atoms with Gasteiger partial charge in [0.25, 0.3) is 0 Å². The Bertz CT molecular complexity index is 607. The quantitative estimate of drug-likeness (QED) is 0.933. The number of amides is 1. The van der Waals surface area contributed by atoms with Crippen molar-refractivity contribution in [1.29, 1.82) is 5.26 Å². The van der Waals surface area contributed by atoms with Gasteiger partial charge in [-0.05, 0) is 37.0 Å². The molecule has 22 heavy (non-hydrogen) atoms. The molecule has 0 aromatic heterocycles. The van der Waals surface area contributed by atoms with E-state index in [4.69, 9.17) is 11.0 Å². The molecule has 1 aromatic rings. The van der Waals surface area contributed by atoms with Crippen LogP contribution in [-0.4, -0.2) is 19.0 Å². The summed E-state index contributed by atoms with van der Waals surface area (Å²) in [6.07, 6.45) is -2.56. The molecule has 0 saturated carbocycles. The highest BCUT2D eigenvalue weighted by molar-refractivity contribution is 5.74. The van der Waals surface area contributed by atoms with E-state index in [1.165, 1.54) is 6.07 Å². The smallest absolute Gasteiger partial charge is 0.370 e. The van der Waals surface area contributed by atoms with E-state index in [1.807, 2.05) is 11.0 Å². The number of benzene rings is 1. The molecule has 0 aliphatic carbocycles. The molecule has 1 atom stereocenters. The van der Waals surface area contributed by atoms with Gasteiger partial charge in [0.15, 0.2) is 0 Å². The Morgan fingerprint density at radius 3 is 2.77 bits per heavy atom. The molecule has 1 heterocycles. The summed E-state index contributed by atoms with van der Waals surface area (Å²) in [5.74, 6) is -0.320. The minimum absolute atomic E-state index is 0.00505. The molecule has 7 heteroatoms. The molecular weight excluding hydrogens is 295 g/mol. The molecule has 1 fully saturated rings. The van der Waals surface area contributed by atoms with Crippen molar-refractivity contribution in [3.63, 3.8) is 0 Å². The fraction of sp³-hybridized carbons (Fsp3) is 0.467. The number of halogens is 3. The second-order valence-corrected chi connectivity index (χ2v) is 5.47. The van der Waals surface area contributed by atoms with Crippen molar-refractivity contribution in [2.75, 3.05) is 18.0 Å². The number of anilines is 1. The van der Waals surface area contributed by atoms with E-state index < -0.39 is 11.7 Å². The predicted octanol–water partition coefficient (Wildman–Crippen LogP) is 2.67. The third kappa shape index (κ3) is 3.70. The van der Waals surface area contributed by atoms with Gasteiger partial charge >= 0.3 is 6.18 Å². The van der Waals surface area contributed by atoms with E-state index in [0.717, 1.165) is 25.0 Å². The minimum atomic E-state index is -4.47. The maximum Gasteiger partial charge on any atom is 0.416 e. The number of primary amides is 1. The van der Waals surface area contributed by atoms with Gasteiger partial charge in [-0.2, -0.15) is 18.4 Å². The van der Waals surface area contributed by atoms with Crippen LogP contribution < -0.4 is 10.6 Å². The molecule has 0 radical (unpaired) electrons. The lowest BCUT2D eigenvalue weighted by molar-refractivity contribution is -0.137. The minimum Gasteiger partial charge on any atom is -0.370 e. The molecule has 0 bridgehead atoms. The number of hydrogen-bond acceptors (Lipinski definition) is 3. The number of alkyl halides is 3. The van der Waals surface area contributed by atoms with Crippen LogP contribution in [-0.2, 0) is 11.0 Å². The summed E-state index contributed by atoms with van der Waals surface area (Å²) in [4.78, 5) is 12.9. The van der Waals surface area contributed by atoms with Gasteiger partial charge in [-0.25, -0.2) is 0 Å². The van der Waals surface area contributed by atoms with E-state index in [-0.39, 0.29) is 23.8 Å². The van der Waals surface area contributed by atoms with Crippen molar-refractivity contribution in [3.8, 4) is 6.07 Å². The topological polar surface area (TPSA) is 70.1 Å². The molecule has 0 unspecified atom stereocenters. The summed E-state index contributed by atoms with van der Waals surface area (Å²) in [5, 5.41) is 9.13. The Labute approximate surface area is 126 Å². The highest BCUT2D eigenvalue weighted by Crippen LogP contribution is 2.34. The Hall–Kier alpha value is -2.23. The van der Waals surface area contributed by atoms with E-state index in [2.05, 4.69) is 0 Å². The van der Waals surface area contributed by atoms with Gasteiger partial charge in [0.2, 0.25) is 5.91 Å². The maximum absolute atomic E-state index is 12.7. The number of hydrogen-bond donors (Lipinski definition) is 1. The van der Waals surface area contributed by atoms with Crippen molar-refractivity contribution in [3.05, 3.63) is 29.3 Å². The Morgan fingerprint density at radius 1 is 1.45 bits per heavy atom. The number of carbonyl (C=O) groups is 1. The average Bonchev–Trinajstić information content (AvgIpc) is 2.45. The number of carbonyl (C=O) groups excluding carboxylic acids is 1. The van der Waals surface area contributed by atoms with Crippen LogP contribution in [0.1, 0.15) is 30.4 Å². The van der Waals surface area contributed by atoms with Crippen molar-refractivity contribution in [2.24, 2.45) is 11.7 Å². The molecule has 118 valence electrons. The van der Waals surface area contributed by atoms with E-state index in [1.54, 1.807) is 0 Å². The maximum atomic E-state index is 12.7. The zero-order valence-electron chi connectivity index (χ0n) is 11.9. The first kappa shape index (κ1) is 16.1. The molecule has 1 amide bonds. The fourth-order valence-electron chi connectivity index (χ4n) is 2.81. The van der Waals surface area contributed by atoms with Crippen LogP contribution in [0.3, 0.4) is 0 Å². The number of piperidine rings is 1. The first-order chi connectivity index (χ1) is 10.3. The number of nitrogens with zero attached hydrogens (tertiary/aromatic N) is 2. The highest BCUT2D eigenvalue weighted by Gasteiger charge is 2.32. The molecule has 4 nitrogen and oxygen atoms in total. The molecule has 2 rings (SSSR count). The van der Waals surface area contributed by atoms with Crippen LogP contribution in [0.15, 0.2) is 18.2 Å². The van der Waals surface area contributed by atoms with Crippen molar-refractivity contribution in [2.45, 2.75) is 25.4 Å². The lowest BCUT2D eigenvalue weighted by atomic mass is 9.93. The van der Waals surface area contributed by atoms with Crippen molar-refractivity contribution >= 4 is 11.6 Å². The number of rotatable bonds is 3. The second kappa shape index (κ2) is 6.26. The van der Waals surface area contributed by atoms with Crippen molar-refractivity contribution in [1.82, 2.24) is 0 Å². The lowest BCUT2D eigenvalue weighted by Crippen LogP contribution is -2.37. The van der Waals surface area contributed by atoms with Crippen LogP contribution in [0, 0.1) is 17.2 Å². The first-order valence-electron chi connectivity index (χ1n) is 6.96. The van der Waals surface area contributed by atoms with Crippen LogP contribution in [0.5, 0.6) is 0 Å². The highest BCUT2D eigenvalue weighted by atomic mass is 19.4. The molecule has 1 saturated heterocycles. The monoisotopic (exact) mass is 311 g/mol. The number of nitriles is 1. The van der Waals surface area contributed by atoms with Gasteiger partial charge < -0.3 is 10.6 Å². The molecule has 1 aromatic carbocycles. The van der Waals surface area contributed by atoms with E-state index in [0.29, 0.717) is 18.8 Å². The average molecular weight is 311 g/mol. The lowest BCUT2D eigenvalue weighted by Gasteiger charge is -2.34. The van der Waals surface area contributed by atoms with Gasteiger partial charge in [-0.1, -0.05) is 0 Å². The summed E-state index contributed by atoms with van der Waals surface area (Å²) >= 11 is 0. The zero-order valence-corrected chi connectivity index (χ0v) is 11.9. The second-order valence-electron chi connectivity index (χ2n) is 5.47. The van der Waals surface area contributed by atoms with Crippen LogP contribution in [0.2, 0.25) is 0 Å². The Kier molecular flexibility index (Phi) is 4.59. The van der Waals surface area contributed by atoms with Crippen LogP contribution >= 0.6 is 0 Å². The van der Waals surface area contributed by atoms with E-state index in [9.17, 15) is 18.0 Å². The Balaban J connectivity index is 2.25. The summed E-state index contributed by atoms with van der Waals surface area (Å²) in [6, 6.07) is 5.00. The number of nitrogens with two attached hydrogens (primary N) is 1. The summed E-state index contributed by atoms with van der Waals surface area (Å²) in [6.45, 7) is 1.16.